The molecular weight excluding hydrogens is 1990 g/mol. The third-order valence-electron chi connectivity index (χ3n) is 16.8. The zero-order valence-electron chi connectivity index (χ0n) is 69.1. The fraction of sp³-hybridized carbons (Fsp3) is 0.722. The van der Waals surface area contributed by atoms with Crippen molar-refractivity contribution in [1.29, 1.82) is 0 Å². The maximum absolute atomic E-state index is 13.0. The summed E-state index contributed by atoms with van der Waals surface area (Å²) in [4.78, 5) is 16.6. The number of aromatic nitrogens is 9. The first-order valence-electron chi connectivity index (χ1n) is 37.2. The molecule has 0 bridgehead atoms. The summed E-state index contributed by atoms with van der Waals surface area (Å²) >= 11 is 20.6. The Morgan fingerprint density at radius 3 is 1.32 bits per heavy atom. The van der Waals surface area contributed by atoms with Crippen LogP contribution < -0.4 is 53.1 Å². The molecule has 9 rings (SSSR count). The van der Waals surface area contributed by atoms with E-state index in [0.717, 1.165) is 138 Å². The van der Waals surface area contributed by atoms with Crippen LogP contribution in [-0.4, -0.2) is 170 Å². The summed E-state index contributed by atoms with van der Waals surface area (Å²) in [7, 11) is -5.77. The van der Waals surface area contributed by atoms with Gasteiger partial charge in [-0.3, -0.25) is 9.13 Å². The van der Waals surface area contributed by atoms with Gasteiger partial charge in [0.05, 0.1) is 94.1 Å². The van der Waals surface area contributed by atoms with Crippen molar-refractivity contribution < 1.29 is 108 Å². The molecular formula is C72H119Br6Cl2LiMgN12O14S3Si2. The van der Waals surface area contributed by atoms with Gasteiger partial charge in [0.25, 0.3) is 0 Å². The summed E-state index contributed by atoms with van der Waals surface area (Å²) in [5.74, 6) is -0.761. The van der Waals surface area contributed by atoms with E-state index in [2.05, 4.69) is 184 Å². The van der Waals surface area contributed by atoms with Crippen LogP contribution >= 0.6 is 95.6 Å². The van der Waals surface area contributed by atoms with Gasteiger partial charge in [0, 0.05) is 73.0 Å². The Labute approximate surface area is 771 Å². The fourth-order valence-electron chi connectivity index (χ4n) is 10.6. The first-order valence-corrected chi connectivity index (χ1v) is 52.8. The van der Waals surface area contributed by atoms with Gasteiger partial charge in [0.1, 0.15) is 95.0 Å². The van der Waals surface area contributed by atoms with Gasteiger partial charge in [-0.1, -0.05) is 86.9 Å². The quantitative estimate of drug-likeness (QED) is 0.0140. The van der Waals surface area contributed by atoms with Gasteiger partial charge in [-0.15, -0.1) is 0 Å². The minimum Gasteiger partial charge on any atom is -1.00 e. The number of nitrogens with one attached hydrogen (secondary N) is 3. The zero-order valence-corrected chi connectivity index (χ0v) is 86.0. The van der Waals surface area contributed by atoms with Crippen molar-refractivity contribution in [2.45, 2.75) is 281 Å². The van der Waals surface area contributed by atoms with Crippen LogP contribution in [0.1, 0.15) is 213 Å². The average Bonchev–Trinajstić information content (AvgIpc) is 1.69. The number of H-pyrrole nitrogens is 1. The molecule has 26 nitrogen and oxygen atoms in total. The van der Waals surface area contributed by atoms with Crippen molar-refractivity contribution in [3.63, 3.8) is 0 Å². The van der Waals surface area contributed by atoms with Crippen LogP contribution in [0.25, 0.3) is 0 Å². The molecule has 0 radical (unpaired) electrons. The van der Waals surface area contributed by atoms with Crippen LogP contribution in [0, 0.1) is 6.42 Å². The molecule has 3 fully saturated rings. The topological polar surface area (TPSA) is 304 Å². The van der Waals surface area contributed by atoms with Crippen molar-refractivity contribution >= 4 is 174 Å². The molecule has 636 valence electrons. The van der Waals surface area contributed by atoms with Crippen LogP contribution in [-0.2, 0) is 102 Å². The van der Waals surface area contributed by atoms with Crippen LogP contribution in [0.5, 0.6) is 0 Å². The monoisotopic (exact) mass is 2100 g/mol. The summed E-state index contributed by atoms with van der Waals surface area (Å²) < 4.78 is 118. The Hall–Kier alpha value is 0.237. The summed E-state index contributed by atoms with van der Waals surface area (Å²) in [5.41, 5.74) is 2.08. The smallest absolute Gasteiger partial charge is 1.00 e. The second kappa shape index (κ2) is 54.8. The molecule has 6 aromatic rings. The van der Waals surface area contributed by atoms with E-state index in [1.165, 1.54) is 18.6 Å². The SMILES string of the molecule is CC(C)(C)[S@@](=O)N=CCCCCCC1(c2ccon2)OCCO1.CC(C)(C)[S@@](=O)N[C@@H](CCCCCC1(c2ccon2)OCCO1)c1nc(Br)c(Br)[nH]1.CC(C)(C)[S@@](=O)N[C@@H](CCCCCC1(c2ccon2)OCCO1)c1ncc(Br)n1COCC[Si](C)(C)C.C[CH-]C.C[Si](C)(C)CCOCn1c(Br)nc(Br)c1Br.[Cl-].[Cl-].[Li+].[Mg+2]. The molecule has 0 unspecified atom stereocenters. The number of halogens is 8. The van der Waals surface area contributed by atoms with E-state index in [0.29, 0.717) is 87.6 Å². The summed E-state index contributed by atoms with van der Waals surface area (Å²) in [6.07, 6.45) is 23.4. The summed E-state index contributed by atoms with van der Waals surface area (Å²) in [5, 5.41) is 12.0. The van der Waals surface area contributed by atoms with Crippen LogP contribution in [0.3, 0.4) is 0 Å². The molecule has 3 aliphatic rings. The van der Waals surface area contributed by atoms with E-state index in [-0.39, 0.29) is 93.1 Å². The van der Waals surface area contributed by atoms with Crippen molar-refractivity contribution in [2.24, 2.45) is 4.40 Å². The third kappa shape index (κ3) is 39.3. The molecule has 3 saturated heterocycles. The number of aromatic amines is 1. The largest absolute Gasteiger partial charge is 2.00 e. The normalized spacial score (nSPS) is 16.6. The molecule has 0 aromatic carbocycles. The standard InChI is InChI=1S/C25H43BrN4O5SSi.C19H28Br2N4O4S.C16H26N2O4S.C9H15Br3N2OSi.C3H7.2ClH.Li.Mg/c1-24(2,3)36(31)29-20(23-27-18-22(26)30(23)19-32-16-17-37(4,5)6)10-8-7-9-12-25(33-14-15-34-25)21-11-13-35-28-21;1-18(2,3)30(26)25-13(17-22-15(20)16(21)23-17)7-5-4-6-9-19(27-11-12-28-19)14-8-10-29-24-14;1-15(2,3)23(19)17-10-7-5-4-6-9-16(20-12-13-21-16)14-8-11-22-18-14;1-16(2,3)5-4-15-6-14-8(11)7(10)13-9(14)12;1-3-2;;;;/h11,13,18,20,29H,7-10,12,14-17,19H2,1-6H3;8,10,13,25H,4-7,9,11-12H2,1-3H3,(H,22,23);8,10-11H,4-7,9,12-13H2,1-3H3;4-6H2,1-3H3;3H,1-2H3;2*1H;;/q;;;;-1;;;+1;+2/p-2/t20-,36+;13-,30+;23-;;;;;;/m001....../s1. The van der Waals surface area contributed by atoms with Gasteiger partial charge in [-0.25, -0.2) is 37.0 Å². The Morgan fingerprint density at radius 1 is 0.584 bits per heavy atom. The molecule has 0 saturated carbocycles. The molecule has 0 amide bonds. The van der Waals surface area contributed by atoms with E-state index >= 15 is 0 Å². The minimum atomic E-state index is -1.23. The number of ether oxygens (including phenoxy) is 8. The van der Waals surface area contributed by atoms with E-state index in [1.54, 1.807) is 36.9 Å². The predicted octanol–water partition coefficient (Wildman–Crippen LogP) is 10.5. The van der Waals surface area contributed by atoms with Gasteiger partial charge >= 0.3 is 41.9 Å². The van der Waals surface area contributed by atoms with Crippen molar-refractivity contribution in [1.82, 2.24) is 54.0 Å². The Kier molecular flexibility index (Phi) is 53.9. The number of unbranched alkanes of at least 4 members (excludes halogenated alkanes) is 7. The Morgan fingerprint density at radius 2 is 0.973 bits per heavy atom. The summed E-state index contributed by atoms with van der Waals surface area (Å²) in [6, 6.07) is 7.36. The van der Waals surface area contributed by atoms with Crippen LogP contribution in [0.15, 0.2) is 88.9 Å². The van der Waals surface area contributed by atoms with Crippen LogP contribution in [0.2, 0.25) is 51.4 Å². The number of imidazole rings is 3. The summed E-state index contributed by atoms with van der Waals surface area (Å²) in [6.45, 7) is 41.4. The van der Waals surface area contributed by atoms with Crippen molar-refractivity contribution in [3.05, 3.63) is 106 Å². The molecule has 9 heterocycles. The first kappa shape index (κ1) is 111. The number of hydrogen-bond acceptors (Lipinski definition) is 20. The maximum Gasteiger partial charge on any atom is 2.00 e. The molecule has 5 atom stereocenters. The maximum atomic E-state index is 13.0. The number of hydrogen-bond donors (Lipinski definition) is 3. The van der Waals surface area contributed by atoms with Gasteiger partial charge in [-0.05, 0) is 215 Å². The van der Waals surface area contributed by atoms with Crippen molar-refractivity contribution in [2.75, 3.05) is 52.9 Å². The zero-order chi connectivity index (χ0) is 80.7. The molecule has 3 N–H and O–H groups in total. The third-order valence-corrected chi connectivity index (χ3v) is 29.6. The van der Waals surface area contributed by atoms with Crippen LogP contribution in [0.4, 0.5) is 0 Å². The van der Waals surface area contributed by atoms with Crippen molar-refractivity contribution in [3.8, 4) is 0 Å². The second-order valence-electron chi connectivity index (χ2n) is 31.8. The van der Waals surface area contributed by atoms with Gasteiger partial charge in [-0.2, -0.15) is 18.2 Å². The molecule has 113 heavy (non-hydrogen) atoms. The van der Waals surface area contributed by atoms with E-state index < -0.39 is 66.5 Å². The molecule has 0 aliphatic carbocycles. The van der Waals surface area contributed by atoms with Gasteiger partial charge in [0.2, 0.25) is 17.4 Å². The Balaban J connectivity index is 0.000000762. The Bertz CT molecular complexity index is 3630. The second-order valence-corrected chi connectivity index (χ2v) is 53.6. The first-order chi connectivity index (χ1) is 51.3. The van der Waals surface area contributed by atoms with Gasteiger partial charge < -0.3 is 87.7 Å². The molecule has 3 aliphatic heterocycles. The number of nitrogens with zero attached hydrogens (tertiary/aromatic N) is 9. The van der Waals surface area contributed by atoms with Gasteiger partial charge in [0.15, 0.2) is 4.73 Å². The fourth-order valence-corrected chi connectivity index (χ4v) is 17.0. The molecule has 6 aromatic heterocycles. The van der Waals surface area contributed by atoms with E-state index in [4.69, 9.17) is 51.5 Å². The van der Waals surface area contributed by atoms with E-state index in [9.17, 15) is 12.6 Å². The minimum absolute atomic E-state index is 0. The number of rotatable bonds is 38. The predicted molar refractivity (Wildman–Crippen MR) is 462 cm³/mol. The average molecular weight is 2110 g/mol. The molecule has 41 heteroatoms. The molecule has 0 spiro atoms. The van der Waals surface area contributed by atoms with E-state index in [1.807, 2.05) is 91.7 Å².